The van der Waals surface area contributed by atoms with E-state index >= 15 is 0 Å². The third-order valence-electron chi connectivity index (χ3n) is 2.64. The van der Waals surface area contributed by atoms with Crippen molar-refractivity contribution in [3.63, 3.8) is 0 Å². The molecule has 1 aromatic heterocycles. The second-order valence-corrected chi connectivity index (χ2v) is 5.09. The molecule has 1 aromatic carbocycles. The zero-order valence-corrected chi connectivity index (χ0v) is 11.0. The molecule has 2 rings (SSSR count). The van der Waals surface area contributed by atoms with Crippen LogP contribution < -0.4 is 5.32 Å². The van der Waals surface area contributed by atoms with E-state index in [1.54, 1.807) is 23.5 Å². The Balaban J connectivity index is 1.96. The molecule has 90 valence electrons. The van der Waals surface area contributed by atoms with Crippen LogP contribution in [0.1, 0.15) is 24.1 Å². The first-order valence-electron chi connectivity index (χ1n) is 5.36. The van der Waals surface area contributed by atoms with E-state index < -0.39 is 0 Å². The molecule has 0 aliphatic rings. The summed E-state index contributed by atoms with van der Waals surface area (Å²) in [5.74, 6) is -0.374. The van der Waals surface area contributed by atoms with Crippen molar-refractivity contribution >= 4 is 22.9 Å². The fourth-order valence-electron chi connectivity index (χ4n) is 1.56. The van der Waals surface area contributed by atoms with E-state index in [1.807, 2.05) is 0 Å². The van der Waals surface area contributed by atoms with Gasteiger partial charge < -0.3 is 5.32 Å². The van der Waals surface area contributed by atoms with Crippen LogP contribution in [0.25, 0.3) is 0 Å². The van der Waals surface area contributed by atoms with Gasteiger partial charge in [-0.2, -0.15) is 11.3 Å². The van der Waals surface area contributed by atoms with E-state index in [0.717, 1.165) is 5.56 Å². The minimum Gasteiger partial charge on any atom is -0.306 e. The zero-order valence-electron chi connectivity index (χ0n) is 9.41. The first-order valence-corrected chi connectivity index (χ1v) is 6.68. The van der Waals surface area contributed by atoms with Gasteiger partial charge in [-0.15, -0.1) is 0 Å². The van der Waals surface area contributed by atoms with Crippen LogP contribution in [0.2, 0.25) is 5.02 Å². The van der Waals surface area contributed by atoms with E-state index in [0.29, 0.717) is 6.54 Å². The molecule has 17 heavy (non-hydrogen) atoms. The van der Waals surface area contributed by atoms with Crippen LogP contribution >= 0.6 is 22.9 Å². The van der Waals surface area contributed by atoms with Crippen molar-refractivity contribution in [2.75, 3.05) is 0 Å². The van der Waals surface area contributed by atoms with Gasteiger partial charge in [-0.1, -0.05) is 17.7 Å². The number of halogens is 2. The van der Waals surface area contributed by atoms with Crippen molar-refractivity contribution in [2.24, 2.45) is 0 Å². The van der Waals surface area contributed by atoms with Crippen LogP contribution in [0.15, 0.2) is 35.0 Å². The van der Waals surface area contributed by atoms with Gasteiger partial charge in [-0.05, 0) is 47.0 Å². The normalized spacial score (nSPS) is 12.6. The fourth-order valence-corrected chi connectivity index (χ4v) is 2.52. The minimum atomic E-state index is -0.374. The van der Waals surface area contributed by atoms with Crippen molar-refractivity contribution in [2.45, 2.75) is 19.5 Å². The van der Waals surface area contributed by atoms with Crippen LogP contribution in [-0.4, -0.2) is 0 Å². The third kappa shape index (κ3) is 3.28. The Labute approximate surface area is 109 Å². The SMILES string of the molecule is CC(NCc1ccc(F)c(Cl)c1)c1ccsc1. The number of thiophene rings is 1. The fraction of sp³-hybridized carbons (Fsp3) is 0.231. The average Bonchev–Trinajstić information content (AvgIpc) is 2.84. The van der Waals surface area contributed by atoms with E-state index in [9.17, 15) is 4.39 Å². The molecular formula is C13H13ClFNS. The maximum Gasteiger partial charge on any atom is 0.141 e. The molecule has 0 fully saturated rings. The van der Waals surface area contributed by atoms with E-state index in [1.165, 1.54) is 11.6 Å². The Morgan fingerprint density at radius 3 is 2.88 bits per heavy atom. The Hall–Kier alpha value is -0.900. The number of rotatable bonds is 4. The predicted octanol–water partition coefficient (Wildman–Crippen LogP) is 4.39. The Morgan fingerprint density at radius 2 is 2.24 bits per heavy atom. The summed E-state index contributed by atoms with van der Waals surface area (Å²) in [6.07, 6.45) is 0. The Kier molecular flexibility index (Phi) is 4.15. The molecule has 1 N–H and O–H groups in total. The van der Waals surface area contributed by atoms with Crippen molar-refractivity contribution < 1.29 is 4.39 Å². The monoisotopic (exact) mass is 269 g/mol. The van der Waals surface area contributed by atoms with Crippen molar-refractivity contribution in [3.8, 4) is 0 Å². The smallest absolute Gasteiger partial charge is 0.141 e. The summed E-state index contributed by atoms with van der Waals surface area (Å²) in [7, 11) is 0. The van der Waals surface area contributed by atoms with Crippen LogP contribution in [0.5, 0.6) is 0 Å². The summed E-state index contributed by atoms with van der Waals surface area (Å²) in [5, 5.41) is 7.73. The second-order valence-electron chi connectivity index (χ2n) is 3.91. The molecule has 1 atom stereocenters. The maximum atomic E-state index is 13.0. The van der Waals surface area contributed by atoms with E-state index in [2.05, 4.69) is 29.1 Å². The van der Waals surface area contributed by atoms with Gasteiger partial charge in [0.25, 0.3) is 0 Å². The molecule has 0 aliphatic heterocycles. The Morgan fingerprint density at radius 1 is 1.41 bits per heavy atom. The lowest BCUT2D eigenvalue weighted by Crippen LogP contribution is -2.17. The summed E-state index contributed by atoms with van der Waals surface area (Å²) < 4.78 is 13.0. The van der Waals surface area contributed by atoms with Crippen LogP contribution in [-0.2, 0) is 6.54 Å². The molecule has 0 radical (unpaired) electrons. The Bertz CT molecular complexity index is 484. The van der Waals surface area contributed by atoms with Gasteiger partial charge in [0.2, 0.25) is 0 Å². The molecule has 1 heterocycles. The van der Waals surface area contributed by atoms with Gasteiger partial charge in [0.15, 0.2) is 0 Å². The van der Waals surface area contributed by atoms with E-state index in [4.69, 9.17) is 11.6 Å². The molecule has 0 saturated carbocycles. The molecule has 1 nitrogen and oxygen atoms in total. The number of benzene rings is 1. The molecule has 0 saturated heterocycles. The predicted molar refractivity (Wildman–Crippen MR) is 71.0 cm³/mol. The lowest BCUT2D eigenvalue weighted by Gasteiger charge is -2.12. The largest absolute Gasteiger partial charge is 0.306 e. The zero-order chi connectivity index (χ0) is 12.3. The second kappa shape index (κ2) is 5.63. The summed E-state index contributed by atoms with van der Waals surface area (Å²) in [5.41, 5.74) is 2.25. The summed E-state index contributed by atoms with van der Waals surface area (Å²) in [4.78, 5) is 0. The maximum absolute atomic E-state index is 13.0. The van der Waals surface area contributed by atoms with Gasteiger partial charge in [0.05, 0.1) is 5.02 Å². The van der Waals surface area contributed by atoms with Gasteiger partial charge in [0.1, 0.15) is 5.82 Å². The van der Waals surface area contributed by atoms with Gasteiger partial charge in [-0.25, -0.2) is 4.39 Å². The van der Waals surface area contributed by atoms with Crippen molar-refractivity contribution in [1.82, 2.24) is 5.32 Å². The summed E-state index contributed by atoms with van der Waals surface area (Å²) in [6.45, 7) is 2.78. The van der Waals surface area contributed by atoms with Crippen LogP contribution in [0.4, 0.5) is 4.39 Å². The summed E-state index contributed by atoms with van der Waals surface area (Å²) in [6, 6.07) is 7.18. The van der Waals surface area contributed by atoms with Crippen molar-refractivity contribution in [1.29, 1.82) is 0 Å². The highest BCUT2D eigenvalue weighted by Gasteiger charge is 2.06. The van der Waals surface area contributed by atoms with Crippen LogP contribution in [0, 0.1) is 5.82 Å². The number of hydrogen-bond donors (Lipinski definition) is 1. The molecule has 0 amide bonds. The standard InChI is InChI=1S/C13H13ClFNS/c1-9(11-4-5-17-8-11)16-7-10-2-3-13(15)12(14)6-10/h2-6,8-9,16H,7H2,1H3. The number of nitrogens with one attached hydrogen (secondary N) is 1. The quantitative estimate of drug-likeness (QED) is 0.868. The third-order valence-corrected chi connectivity index (χ3v) is 3.63. The molecule has 1 unspecified atom stereocenters. The molecule has 0 spiro atoms. The van der Waals surface area contributed by atoms with Crippen LogP contribution in [0.3, 0.4) is 0 Å². The highest BCUT2D eigenvalue weighted by molar-refractivity contribution is 7.07. The van der Waals surface area contributed by atoms with Crippen molar-refractivity contribution in [3.05, 3.63) is 57.0 Å². The minimum absolute atomic E-state index is 0.174. The topological polar surface area (TPSA) is 12.0 Å². The highest BCUT2D eigenvalue weighted by atomic mass is 35.5. The molecule has 0 aliphatic carbocycles. The highest BCUT2D eigenvalue weighted by Crippen LogP contribution is 2.18. The molecule has 2 aromatic rings. The molecule has 0 bridgehead atoms. The lowest BCUT2D eigenvalue weighted by atomic mass is 10.1. The lowest BCUT2D eigenvalue weighted by molar-refractivity contribution is 0.574. The average molecular weight is 270 g/mol. The summed E-state index contributed by atoms with van der Waals surface area (Å²) >= 11 is 7.41. The van der Waals surface area contributed by atoms with Gasteiger partial charge >= 0.3 is 0 Å². The first kappa shape index (κ1) is 12.6. The first-order chi connectivity index (χ1) is 8.16. The number of hydrogen-bond acceptors (Lipinski definition) is 2. The van der Waals surface area contributed by atoms with Gasteiger partial charge in [-0.3, -0.25) is 0 Å². The molecular weight excluding hydrogens is 257 g/mol. The van der Waals surface area contributed by atoms with Gasteiger partial charge in [0, 0.05) is 12.6 Å². The molecule has 4 heteroatoms. The van der Waals surface area contributed by atoms with E-state index in [-0.39, 0.29) is 16.9 Å².